The summed E-state index contributed by atoms with van der Waals surface area (Å²) >= 11 is 0. The second kappa shape index (κ2) is 5.90. The summed E-state index contributed by atoms with van der Waals surface area (Å²) in [6.07, 6.45) is 0.982. The van der Waals surface area contributed by atoms with Crippen molar-refractivity contribution in [2.75, 3.05) is 20.2 Å². The van der Waals surface area contributed by atoms with E-state index in [4.69, 9.17) is 4.74 Å². The maximum absolute atomic E-state index is 12.3. The Labute approximate surface area is 114 Å². The number of piperidine rings is 1. The Morgan fingerprint density at radius 3 is 2.58 bits per heavy atom. The molecule has 0 saturated carbocycles. The molecule has 1 heterocycles. The molecule has 2 rings (SSSR count). The Kier molecular flexibility index (Phi) is 4.44. The minimum atomic E-state index is -3.46. The third-order valence-corrected chi connectivity index (χ3v) is 5.01. The van der Waals surface area contributed by atoms with Crippen molar-refractivity contribution in [2.24, 2.45) is 5.92 Å². The molecule has 19 heavy (non-hydrogen) atoms. The lowest BCUT2D eigenvalue weighted by Crippen LogP contribution is -2.50. The van der Waals surface area contributed by atoms with Crippen molar-refractivity contribution >= 4 is 10.0 Å². The third kappa shape index (κ3) is 3.46. The van der Waals surface area contributed by atoms with Gasteiger partial charge in [-0.25, -0.2) is 13.1 Å². The summed E-state index contributed by atoms with van der Waals surface area (Å²) in [5.74, 6) is 0.987. The van der Waals surface area contributed by atoms with Crippen LogP contribution in [-0.4, -0.2) is 34.7 Å². The standard InChI is InChI=1S/C13H20N2O3S/c1-10-7-8-14-9-13(10)15-19(16,17)12-5-3-11(18-2)4-6-12/h3-6,10,13-15H,7-9H2,1-2H3/t10-,13+/m0/s1. The van der Waals surface area contributed by atoms with Crippen LogP contribution in [0.1, 0.15) is 13.3 Å². The number of hydrogen-bond acceptors (Lipinski definition) is 4. The van der Waals surface area contributed by atoms with Gasteiger partial charge in [0.2, 0.25) is 10.0 Å². The van der Waals surface area contributed by atoms with Crippen LogP contribution in [0.4, 0.5) is 0 Å². The lowest BCUT2D eigenvalue weighted by Gasteiger charge is -2.29. The van der Waals surface area contributed by atoms with Gasteiger partial charge in [-0.15, -0.1) is 0 Å². The normalized spacial score (nSPS) is 24.1. The molecule has 0 radical (unpaired) electrons. The average Bonchev–Trinajstić information content (AvgIpc) is 2.41. The average molecular weight is 284 g/mol. The highest BCUT2D eigenvalue weighted by Gasteiger charge is 2.26. The predicted molar refractivity (Wildman–Crippen MR) is 73.8 cm³/mol. The first-order valence-corrected chi connectivity index (χ1v) is 7.88. The van der Waals surface area contributed by atoms with Crippen molar-refractivity contribution in [3.05, 3.63) is 24.3 Å². The summed E-state index contributed by atoms with van der Waals surface area (Å²) in [6.45, 7) is 3.69. The molecule has 0 spiro atoms. The molecule has 1 aromatic carbocycles. The van der Waals surface area contributed by atoms with Crippen LogP contribution >= 0.6 is 0 Å². The minimum Gasteiger partial charge on any atom is -0.497 e. The van der Waals surface area contributed by atoms with Crippen LogP contribution in [0.3, 0.4) is 0 Å². The molecule has 5 nitrogen and oxygen atoms in total. The molecule has 0 aliphatic carbocycles. The number of methoxy groups -OCH3 is 1. The van der Waals surface area contributed by atoms with Gasteiger partial charge in [0, 0.05) is 12.6 Å². The fourth-order valence-corrected chi connectivity index (χ4v) is 3.51. The molecule has 0 aromatic heterocycles. The SMILES string of the molecule is COc1ccc(S(=O)(=O)N[C@@H]2CNCC[C@@H]2C)cc1. The molecule has 2 N–H and O–H groups in total. The van der Waals surface area contributed by atoms with Crippen molar-refractivity contribution in [1.82, 2.24) is 10.0 Å². The largest absolute Gasteiger partial charge is 0.497 e. The first-order chi connectivity index (χ1) is 9.03. The Morgan fingerprint density at radius 2 is 2.00 bits per heavy atom. The molecule has 6 heteroatoms. The molecule has 1 saturated heterocycles. The summed E-state index contributed by atoms with van der Waals surface area (Å²) in [4.78, 5) is 0.270. The number of sulfonamides is 1. The fourth-order valence-electron chi connectivity index (χ4n) is 2.17. The Balaban J connectivity index is 2.12. The van der Waals surface area contributed by atoms with E-state index in [2.05, 4.69) is 17.0 Å². The number of ether oxygens (including phenoxy) is 1. The van der Waals surface area contributed by atoms with Crippen LogP contribution in [0.15, 0.2) is 29.2 Å². The quantitative estimate of drug-likeness (QED) is 0.864. The highest BCUT2D eigenvalue weighted by Crippen LogP contribution is 2.18. The van der Waals surface area contributed by atoms with Crippen LogP contribution in [0.25, 0.3) is 0 Å². The lowest BCUT2D eigenvalue weighted by atomic mass is 9.96. The minimum absolute atomic E-state index is 0.0548. The summed E-state index contributed by atoms with van der Waals surface area (Å²) in [5.41, 5.74) is 0. The van der Waals surface area contributed by atoms with Gasteiger partial charge in [0.05, 0.1) is 12.0 Å². The number of benzene rings is 1. The molecule has 106 valence electrons. The molecular formula is C13H20N2O3S. The molecule has 2 atom stereocenters. The zero-order valence-electron chi connectivity index (χ0n) is 11.2. The van der Waals surface area contributed by atoms with Gasteiger partial charge in [-0.1, -0.05) is 6.92 Å². The summed E-state index contributed by atoms with van der Waals surface area (Å²) in [6, 6.07) is 6.36. The summed E-state index contributed by atoms with van der Waals surface area (Å²) in [7, 11) is -1.91. The fraction of sp³-hybridized carbons (Fsp3) is 0.538. The van der Waals surface area contributed by atoms with Crippen LogP contribution < -0.4 is 14.8 Å². The van der Waals surface area contributed by atoms with E-state index in [1.807, 2.05) is 0 Å². The molecule has 1 aromatic rings. The monoisotopic (exact) mass is 284 g/mol. The van der Waals surface area contributed by atoms with Gasteiger partial charge in [0.1, 0.15) is 5.75 Å². The maximum Gasteiger partial charge on any atom is 0.240 e. The Bertz CT molecular complexity index is 513. The molecular weight excluding hydrogens is 264 g/mol. The van der Waals surface area contributed by atoms with Crippen LogP contribution in [0, 0.1) is 5.92 Å². The van der Waals surface area contributed by atoms with Crippen molar-refractivity contribution in [2.45, 2.75) is 24.3 Å². The maximum atomic E-state index is 12.3. The van der Waals surface area contributed by atoms with E-state index in [9.17, 15) is 8.42 Å². The van der Waals surface area contributed by atoms with Gasteiger partial charge in [-0.3, -0.25) is 0 Å². The van der Waals surface area contributed by atoms with E-state index in [-0.39, 0.29) is 10.9 Å². The molecule has 0 unspecified atom stereocenters. The van der Waals surface area contributed by atoms with Gasteiger partial charge in [0.15, 0.2) is 0 Å². The Hall–Kier alpha value is -1.11. The molecule has 0 bridgehead atoms. The highest BCUT2D eigenvalue weighted by atomic mass is 32.2. The van der Waals surface area contributed by atoms with Crippen molar-refractivity contribution in [3.8, 4) is 5.75 Å². The van der Waals surface area contributed by atoms with Crippen molar-refractivity contribution in [3.63, 3.8) is 0 Å². The van der Waals surface area contributed by atoms with E-state index in [1.54, 1.807) is 31.4 Å². The van der Waals surface area contributed by atoms with Crippen LogP contribution in [-0.2, 0) is 10.0 Å². The van der Waals surface area contributed by atoms with Gasteiger partial charge in [-0.05, 0) is 43.1 Å². The lowest BCUT2D eigenvalue weighted by molar-refractivity contribution is 0.327. The van der Waals surface area contributed by atoms with E-state index >= 15 is 0 Å². The Morgan fingerprint density at radius 1 is 1.32 bits per heavy atom. The number of nitrogens with one attached hydrogen (secondary N) is 2. The van der Waals surface area contributed by atoms with Gasteiger partial charge in [-0.2, -0.15) is 0 Å². The molecule has 1 fully saturated rings. The second-order valence-electron chi connectivity index (χ2n) is 4.87. The van der Waals surface area contributed by atoms with Crippen molar-refractivity contribution < 1.29 is 13.2 Å². The van der Waals surface area contributed by atoms with E-state index in [0.717, 1.165) is 13.0 Å². The van der Waals surface area contributed by atoms with Crippen molar-refractivity contribution in [1.29, 1.82) is 0 Å². The highest BCUT2D eigenvalue weighted by molar-refractivity contribution is 7.89. The van der Waals surface area contributed by atoms with Crippen LogP contribution in [0.5, 0.6) is 5.75 Å². The topological polar surface area (TPSA) is 67.4 Å². The molecule has 1 aliphatic rings. The summed E-state index contributed by atoms with van der Waals surface area (Å²) in [5, 5.41) is 3.21. The zero-order valence-corrected chi connectivity index (χ0v) is 12.0. The summed E-state index contributed by atoms with van der Waals surface area (Å²) < 4.78 is 32.3. The van der Waals surface area contributed by atoms with Gasteiger partial charge >= 0.3 is 0 Å². The molecule has 0 amide bonds. The smallest absolute Gasteiger partial charge is 0.240 e. The third-order valence-electron chi connectivity index (χ3n) is 3.50. The zero-order chi connectivity index (χ0) is 13.9. The van der Waals surface area contributed by atoms with Gasteiger partial charge in [0.25, 0.3) is 0 Å². The van der Waals surface area contributed by atoms with E-state index < -0.39 is 10.0 Å². The number of rotatable bonds is 4. The van der Waals surface area contributed by atoms with Gasteiger partial charge < -0.3 is 10.1 Å². The predicted octanol–water partition coefficient (Wildman–Crippen LogP) is 0.971. The van der Waals surface area contributed by atoms with E-state index in [1.165, 1.54) is 0 Å². The second-order valence-corrected chi connectivity index (χ2v) is 6.59. The number of hydrogen-bond donors (Lipinski definition) is 2. The van der Waals surface area contributed by atoms with Crippen LogP contribution in [0.2, 0.25) is 0 Å². The molecule has 1 aliphatic heterocycles. The first-order valence-electron chi connectivity index (χ1n) is 6.40. The van der Waals surface area contributed by atoms with E-state index in [0.29, 0.717) is 18.2 Å². The first kappa shape index (κ1) is 14.3.